The third-order valence-corrected chi connectivity index (χ3v) is 9.68. The van der Waals surface area contributed by atoms with E-state index in [0.29, 0.717) is 17.7 Å². The second kappa shape index (κ2) is 12.6. The lowest BCUT2D eigenvalue weighted by atomic mass is 9.47. The van der Waals surface area contributed by atoms with Gasteiger partial charge in [0.1, 0.15) is 29.8 Å². The number of carbonyl (C=O) groups is 5. The van der Waals surface area contributed by atoms with E-state index in [9.17, 15) is 28.8 Å². The summed E-state index contributed by atoms with van der Waals surface area (Å²) in [5, 5.41) is 10.9. The van der Waals surface area contributed by atoms with Gasteiger partial charge in [-0.25, -0.2) is 4.98 Å². The number of imidazole rings is 1. The average Bonchev–Trinajstić information content (AvgIpc) is 3.29. The van der Waals surface area contributed by atoms with Crippen molar-refractivity contribution in [2.75, 3.05) is 11.9 Å². The van der Waals surface area contributed by atoms with Crippen molar-refractivity contribution in [3.05, 3.63) is 46.4 Å². The zero-order valence-corrected chi connectivity index (χ0v) is 26.4. The standard InChI is InChI=1S/C32H43N7O6/c1-5-33-29(44)25(40)9-8-22(35-28(43)24-16-34-19(2)38(24)4)27(42)36-23-7-6-10-39(30(23)45)17-26(41)37-32-14-20-11-21(15-32)13-31(3,12-20)18-32/h6-7,10,16,20-22H,5,8-9,11-15,17-18H2,1-4H3,(H,33,44)(H,35,43)(H,36,42)(H,37,41)/t20?,21?,22-,31?,32?/m0/s1. The maximum absolute atomic E-state index is 13.4. The number of pyridine rings is 1. The minimum atomic E-state index is -1.25. The van der Waals surface area contributed by atoms with Crippen molar-refractivity contribution in [2.45, 2.75) is 90.3 Å². The topological polar surface area (TPSA) is 173 Å². The van der Waals surface area contributed by atoms with Crippen LogP contribution in [0.4, 0.5) is 5.69 Å². The van der Waals surface area contributed by atoms with Crippen LogP contribution in [0.5, 0.6) is 0 Å². The number of likely N-dealkylation sites (N-methyl/N-ethyl adjacent to an activating group) is 1. The molecule has 0 spiro atoms. The first-order valence-corrected chi connectivity index (χ1v) is 15.7. The van der Waals surface area contributed by atoms with Gasteiger partial charge in [0.2, 0.25) is 17.6 Å². The molecule has 0 saturated heterocycles. The summed E-state index contributed by atoms with van der Waals surface area (Å²) in [6, 6.07) is 1.72. The van der Waals surface area contributed by atoms with Gasteiger partial charge in [-0.05, 0) is 88.2 Å². The number of hydrogen-bond acceptors (Lipinski definition) is 7. The zero-order valence-electron chi connectivity index (χ0n) is 26.4. The molecule has 4 aliphatic carbocycles. The molecular formula is C32H43N7O6. The normalized spacial score (nSPS) is 25.3. The molecule has 3 atom stereocenters. The summed E-state index contributed by atoms with van der Waals surface area (Å²) in [6.07, 6.45) is 8.94. The van der Waals surface area contributed by atoms with Crippen molar-refractivity contribution < 1.29 is 24.0 Å². The van der Waals surface area contributed by atoms with Crippen LogP contribution in [-0.2, 0) is 32.8 Å². The van der Waals surface area contributed by atoms with Crippen LogP contribution in [-0.4, -0.2) is 61.7 Å². The van der Waals surface area contributed by atoms with Gasteiger partial charge >= 0.3 is 0 Å². The van der Waals surface area contributed by atoms with Gasteiger partial charge in [-0.1, -0.05) is 6.92 Å². The molecule has 0 aromatic carbocycles. The van der Waals surface area contributed by atoms with Crippen molar-refractivity contribution in [1.29, 1.82) is 0 Å². The highest BCUT2D eigenvalue weighted by molar-refractivity contribution is 6.36. The number of aryl methyl sites for hydroxylation is 1. The van der Waals surface area contributed by atoms with Gasteiger partial charge < -0.3 is 30.4 Å². The van der Waals surface area contributed by atoms with Crippen LogP contribution >= 0.6 is 0 Å². The van der Waals surface area contributed by atoms with E-state index < -0.39 is 35.1 Å². The van der Waals surface area contributed by atoms with Gasteiger partial charge in [-0.3, -0.25) is 28.8 Å². The maximum Gasteiger partial charge on any atom is 0.287 e. The Kier molecular flexibility index (Phi) is 8.99. The molecule has 2 heterocycles. The Labute approximate surface area is 261 Å². The van der Waals surface area contributed by atoms with Gasteiger partial charge in [-0.15, -0.1) is 0 Å². The number of hydrogen-bond donors (Lipinski definition) is 4. The van der Waals surface area contributed by atoms with Crippen LogP contribution in [0.1, 0.15) is 81.5 Å². The summed E-state index contributed by atoms with van der Waals surface area (Å²) < 4.78 is 2.80. The molecular weight excluding hydrogens is 578 g/mol. The summed E-state index contributed by atoms with van der Waals surface area (Å²) in [4.78, 5) is 81.4. The van der Waals surface area contributed by atoms with Crippen molar-refractivity contribution in [2.24, 2.45) is 24.3 Å². The number of amides is 4. The minimum absolute atomic E-state index is 0.0803. The molecule has 4 aliphatic rings. The molecule has 2 aromatic heterocycles. The molecule has 4 bridgehead atoms. The highest BCUT2D eigenvalue weighted by Gasteiger charge is 2.56. The zero-order chi connectivity index (χ0) is 32.5. The predicted octanol–water partition coefficient (Wildman–Crippen LogP) is 1.59. The molecule has 0 aliphatic heterocycles. The third-order valence-electron chi connectivity index (χ3n) is 9.68. The van der Waals surface area contributed by atoms with E-state index in [-0.39, 0.29) is 54.2 Å². The summed E-state index contributed by atoms with van der Waals surface area (Å²) in [6.45, 7) is 5.79. The molecule has 0 radical (unpaired) electrons. The fourth-order valence-corrected chi connectivity index (χ4v) is 8.20. The lowest BCUT2D eigenvalue weighted by molar-refractivity contribution is -0.138. The number of Topliss-reactive ketones (excluding diaryl/α,β-unsaturated/α-hetero) is 1. The van der Waals surface area contributed by atoms with Crippen molar-refractivity contribution >= 4 is 35.1 Å². The molecule has 13 heteroatoms. The number of rotatable bonds is 12. The number of anilines is 1. The Bertz CT molecular complexity index is 1560. The molecule has 13 nitrogen and oxygen atoms in total. The van der Waals surface area contributed by atoms with E-state index >= 15 is 0 Å². The molecule has 45 heavy (non-hydrogen) atoms. The van der Waals surface area contributed by atoms with E-state index in [1.54, 1.807) is 31.5 Å². The van der Waals surface area contributed by atoms with Gasteiger partial charge in [0.15, 0.2) is 0 Å². The molecule has 4 saturated carbocycles. The van der Waals surface area contributed by atoms with Gasteiger partial charge in [0, 0.05) is 31.7 Å². The molecule has 4 N–H and O–H groups in total. The summed E-state index contributed by atoms with van der Waals surface area (Å²) >= 11 is 0. The Balaban J connectivity index is 1.27. The quantitative estimate of drug-likeness (QED) is 0.261. The minimum Gasteiger partial charge on any atom is -0.350 e. The lowest BCUT2D eigenvalue weighted by Crippen LogP contribution is -2.63. The van der Waals surface area contributed by atoms with Gasteiger partial charge in [-0.2, -0.15) is 0 Å². The van der Waals surface area contributed by atoms with E-state index in [2.05, 4.69) is 33.2 Å². The van der Waals surface area contributed by atoms with E-state index in [1.807, 2.05) is 0 Å². The number of carbonyl (C=O) groups excluding carboxylic acids is 5. The highest BCUT2D eigenvalue weighted by atomic mass is 16.2. The first-order valence-electron chi connectivity index (χ1n) is 15.7. The monoisotopic (exact) mass is 621 g/mol. The molecule has 242 valence electrons. The van der Waals surface area contributed by atoms with Crippen molar-refractivity contribution in [3.8, 4) is 0 Å². The van der Waals surface area contributed by atoms with E-state index in [4.69, 9.17) is 0 Å². The van der Waals surface area contributed by atoms with Crippen molar-refractivity contribution in [1.82, 2.24) is 30.1 Å². The van der Waals surface area contributed by atoms with E-state index in [1.165, 1.54) is 42.3 Å². The number of nitrogens with one attached hydrogen (secondary N) is 4. The second-order valence-electron chi connectivity index (χ2n) is 13.5. The molecule has 4 amide bonds. The summed E-state index contributed by atoms with van der Waals surface area (Å²) in [5.41, 5.74) is -0.437. The van der Waals surface area contributed by atoms with Crippen LogP contribution in [0.15, 0.2) is 29.3 Å². The Hall–Kier alpha value is -4.29. The molecule has 2 unspecified atom stereocenters. The molecule has 4 fully saturated rings. The van der Waals surface area contributed by atoms with Crippen LogP contribution < -0.4 is 26.8 Å². The Morgan fingerprint density at radius 1 is 1.11 bits per heavy atom. The van der Waals surface area contributed by atoms with Crippen LogP contribution in [0, 0.1) is 24.2 Å². The SMILES string of the molecule is CCNC(=O)C(=O)CC[C@H](NC(=O)c1cnc(C)n1C)C(=O)Nc1cccn(CC(=O)NC23CC4CC(CC(C)(C4)C2)C3)c1=O. The molecule has 2 aromatic rings. The van der Waals surface area contributed by atoms with Gasteiger partial charge in [0.05, 0.1) is 6.20 Å². The summed E-state index contributed by atoms with van der Waals surface area (Å²) in [5.74, 6) is -1.27. The fraction of sp³-hybridized carbons (Fsp3) is 0.594. The number of ketones is 1. The maximum atomic E-state index is 13.4. The largest absolute Gasteiger partial charge is 0.350 e. The molecule has 6 rings (SSSR count). The van der Waals surface area contributed by atoms with Crippen LogP contribution in [0.25, 0.3) is 0 Å². The first-order chi connectivity index (χ1) is 21.3. The number of nitrogens with zero attached hydrogens (tertiary/aromatic N) is 3. The van der Waals surface area contributed by atoms with Crippen LogP contribution in [0.2, 0.25) is 0 Å². The van der Waals surface area contributed by atoms with Crippen molar-refractivity contribution in [3.63, 3.8) is 0 Å². The predicted molar refractivity (Wildman–Crippen MR) is 165 cm³/mol. The lowest BCUT2D eigenvalue weighted by Gasteiger charge is -2.61. The first kappa shape index (κ1) is 32.1. The Morgan fingerprint density at radius 3 is 2.44 bits per heavy atom. The average molecular weight is 622 g/mol. The third kappa shape index (κ3) is 7.02. The van der Waals surface area contributed by atoms with E-state index in [0.717, 1.165) is 19.3 Å². The second-order valence-corrected chi connectivity index (χ2v) is 13.5. The van der Waals surface area contributed by atoms with Crippen LogP contribution in [0.3, 0.4) is 0 Å². The summed E-state index contributed by atoms with van der Waals surface area (Å²) in [7, 11) is 1.65. The highest BCUT2D eigenvalue weighted by Crippen LogP contribution is 2.61. The smallest absolute Gasteiger partial charge is 0.287 e. The Morgan fingerprint density at radius 2 is 1.82 bits per heavy atom. The number of aromatic nitrogens is 3. The fourth-order valence-electron chi connectivity index (χ4n) is 8.20. The van der Waals surface area contributed by atoms with Gasteiger partial charge in [0.25, 0.3) is 17.4 Å².